The summed E-state index contributed by atoms with van der Waals surface area (Å²) in [6, 6.07) is 0.587. The minimum absolute atomic E-state index is 0.239. The standard InChI is InChI=1S/C11H15FN2O/c1-7(2)3-10(13)11(15)8-4-9(12)6-14-5-8/h4-7,10H,3,13H2,1-2H3. The third kappa shape index (κ3) is 3.40. The molecule has 0 radical (unpaired) electrons. The lowest BCUT2D eigenvalue weighted by molar-refractivity contribution is 0.0950. The Hall–Kier alpha value is -1.29. The SMILES string of the molecule is CC(C)CC(N)C(=O)c1cncc(F)c1. The van der Waals surface area contributed by atoms with E-state index in [2.05, 4.69) is 4.98 Å². The van der Waals surface area contributed by atoms with E-state index in [1.807, 2.05) is 13.8 Å². The van der Waals surface area contributed by atoms with Gasteiger partial charge >= 0.3 is 0 Å². The highest BCUT2D eigenvalue weighted by Gasteiger charge is 2.17. The Morgan fingerprint density at radius 2 is 2.20 bits per heavy atom. The second kappa shape index (κ2) is 4.98. The van der Waals surface area contributed by atoms with Gasteiger partial charge in [-0.1, -0.05) is 13.8 Å². The number of hydrogen-bond donors (Lipinski definition) is 1. The zero-order chi connectivity index (χ0) is 11.4. The van der Waals surface area contributed by atoms with E-state index in [1.165, 1.54) is 6.20 Å². The highest BCUT2D eigenvalue weighted by Crippen LogP contribution is 2.09. The van der Waals surface area contributed by atoms with Crippen molar-refractivity contribution in [3.05, 3.63) is 29.8 Å². The van der Waals surface area contributed by atoms with Gasteiger partial charge < -0.3 is 5.73 Å². The molecule has 0 saturated carbocycles. The molecule has 1 aromatic rings. The summed E-state index contributed by atoms with van der Waals surface area (Å²) < 4.78 is 12.8. The monoisotopic (exact) mass is 210 g/mol. The Morgan fingerprint density at radius 3 is 2.73 bits per heavy atom. The summed E-state index contributed by atoms with van der Waals surface area (Å²) >= 11 is 0. The predicted molar refractivity (Wildman–Crippen MR) is 56.0 cm³/mol. The van der Waals surface area contributed by atoms with Gasteiger partial charge in [0.2, 0.25) is 0 Å². The van der Waals surface area contributed by atoms with Crippen molar-refractivity contribution in [3.63, 3.8) is 0 Å². The van der Waals surface area contributed by atoms with Crippen LogP contribution in [-0.4, -0.2) is 16.8 Å². The van der Waals surface area contributed by atoms with Crippen LogP contribution < -0.4 is 5.73 Å². The first-order valence-electron chi connectivity index (χ1n) is 4.91. The van der Waals surface area contributed by atoms with Crippen molar-refractivity contribution in [2.45, 2.75) is 26.3 Å². The third-order valence-corrected chi connectivity index (χ3v) is 2.05. The highest BCUT2D eigenvalue weighted by atomic mass is 19.1. The molecule has 82 valence electrons. The number of rotatable bonds is 4. The lowest BCUT2D eigenvalue weighted by atomic mass is 9.98. The topological polar surface area (TPSA) is 56.0 Å². The van der Waals surface area contributed by atoms with E-state index in [1.54, 1.807) is 0 Å². The molecule has 15 heavy (non-hydrogen) atoms. The van der Waals surface area contributed by atoms with Crippen LogP contribution in [-0.2, 0) is 0 Å². The molecule has 0 aliphatic heterocycles. The highest BCUT2D eigenvalue weighted by molar-refractivity contribution is 5.99. The Kier molecular flexibility index (Phi) is 3.91. The average Bonchev–Trinajstić information content (AvgIpc) is 2.15. The van der Waals surface area contributed by atoms with E-state index in [-0.39, 0.29) is 11.3 Å². The maximum Gasteiger partial charge on any atom is 0.181 e. The van der Waals surface area contributed by atoms with Crippen molar-refractivity contribution < 1.29 is 9.18 Å². The number of hydrogen-bond acceptors (Lipinski definition) is 3. The summed E-state index contributed by atoms with van der Waals surface area (Å²) in [6.07, 6.45) is 2.99. The minimum atomic E-state index is -0.575. The first-order valence-corrected chi connectivity index (χ1v) is 4.91. The summed E-state index contributed by atoms with van der Waals surface area (Å²) in [6.45, 7) is 3.97. The summed E-state index contributed by atoms with van der Waals surface area (Å²) in [5.74, 6) is -0.432. The summed E-state index contributed by atoms with van der Waals surface area (Å²) in [4.78, 5) is 15.3. The van der Waals surface area contributed by atoms with Gasteiger partial charge in [-0.15, -0.1) is 0 Å². The number of nitrogens with zero attached hydrogens (tertiary/aromatic N) is 1. The number of nitrogens with two attached hydrogens (primary N) is 1. The molecule has 1 heterocycles. The number of halogens is 1. The first-order chi connectivity index (χ1) is 7.00. The summed E-state index contributed by atoms with van der Waals surface area (Å²) in [5.41, 5.74) is 5.94. The number of ketones is 1. The number of carbonyl (C=O) groups excluding carboxylic acids is 1. The van der Waals surface area contributed by atoms with E-state index in [9.17, 15) is 9.18 Å². The Balaban J connectivity index is 2.76. The molecule has 0 spiro atoms. The molecule has 0 amide bonds. The van der Waals surface area contributed by atoms with Crippen molar-refractivity contribution in [1.82, 2.24) is 4.98 Å². The second-order valence-electron chi connectivity index (χ2n) is 3.99. The van der Waals surface area contributed by atoms with Gasteiger partial charge in [-0.25, -0.2) is 4.39 Å². The molecule has 0 fully saturated rings. The van der Waals surface area contributed by atoms with Crippen molar-refractivity contribution >= 4 is 5.78 Å². The molecule has 0 saturated heterocycles. The molecule has 0 aromatic carbocycles. The van der Waals surface area contributed by atoms with Gasteiger partial charge in [-0.2, -0.15) is 0 Å². The fraction of sp³-hybridized carbons (Fsp3) is 0.455. The van der Waals surface area contributed by atoms with Crippen LogP contribution in [0.2, 0.25) is 0 Å². The van der Waals surface area contributed by atoms with Crippen LogP contribution in [0, 0.1) is 11.7 Å². The van der Waals surface area contributed by atoms with E-state index in [0.29, 0.717) is 12.3 Å². The third-order valence-electron chi connectivity index (χ3n) is 2.05. The number of carbonyl (C=O) groups is 1. The van der Waals surface area contributed by atoms with Crippen LogP contribution >= 0.6 is 0 Å². The van der Waals surface area contributed by atoms with Crippen molar-refractivity contribution in [2.75, 3.05) is 0 Å². The molecule has 2 N–H and O–H groups in total. The molecule has 3 nitrogen and oxygen atoms in total. The van der Waals surface area contributed by atoms with Crippen LogP contribution in [0.4, 0.5) is 4.39 Å². The molecule has 1 aromatic heterocycles. The fourth-order valence-corrected chi connectivity index (χ4v) is 1.38. The normalized spacial score (nSPS) is 12.9. The molecule has 1 rings (SSSR count). The predicted octanol–water partition coefficient (Wildman–Crippen LogP) is 1.78. The second-order valence-corrected chi connectivity index (χ2v) is 3.99. The molecule has 4 heteroatoms. The molecule has 0 aliphatic rings. The van der Waals surface area contributed by atoms with Crippen LogP contribution in [0.15, 0.2) is 18.5 Å². The van der Waals surface area contributed by atoms with E-state index < -0.39 is 11.9 Å². The minimum Gasteiger partial charge on any atom is -0.321 e. The molecular formula is C11H15FN2O. The zero-order valence-electron chi connectivity index (χ0n) is 8.90. The van der Waals surface area contributed by atoms with Gasteiger partial charge in [0.25, 0.3) is 0 Å². The smallest absolute Gasteiger partial charge is 0.181 e. The summed E-state index contributed by atoms with van der Waals surface area (Å²) in [7, 11) is 0. The van der Waals surface area contributed by atoms with Gasteiger partial charge in [-0.05, 0) is 18.4 Å². The largest absolute Gasteiger partial charge is 0.321 e. The van der Waals surface area contributed by atoms with Gasteiger partial charge in [0, 0.05) is 11.8 Å². The van der Waals surface area contributed by atoms with Crippen molar-refractivity contribution in [3.8, 4) is 0 Å². The zero-order valence-corrected chi connectivity index (χ0v) is 8.90. The Bertz CT molecular complexity index is 352. The van der Waals surface area contributed by atoms with Crippen LogP contribution in [0.1, 0.15) is 30.6 Å². The van der Waals surface area contributed by atoms with Gasteiger partial charge in [0.15, 0.2) is 5.78 Å². The quantitative estimate of drug-likeness (QED) is 0.770. The first kappa shape index (κ1) is 11.8. The molecule has 1 unspecified atom stereocenters. The van der Waals surface area contributed by atoms with Gasteiger partial charge in [0.05, 0.1) is 12.2 Å². The molecule has 1 atom stereocenters. The maximum atomic E-state index is 12.8. The van der Waals surface area contributed by atoms with Crippen molar-refractivity contribution in [1.29, 1.82) is 0 Å². The molecular weight excluding hydrogens is 195 g/mol. The van der Waals surface area contributed by atoms with Crippen LogP contribution in [0.25, 0.3) is 0 Å². The van der Waals surface area contributed by atoms with E-state index >= 15 is 0 Å². The fourth-order valence-electron chi connectivity index (χ4n) is 1.38. The lowest BCUT2D eigenvalue weighted by Crippen LogP contribution is -2.32. The average molecular weight is 210 g/mol. The van der Waals surface area contributed by atoms with Crippen LogP contribution in [0.3, 0.4) is 0 Å². The number of pyridine rings is 1. The number of Topliss-reactive ketones (excluding diaryl/α,β-unsaturated/α-hetero) is 1. The maximum absolute atomic E-state index is 12.8. The van der Waals surface area contributed by atoms with E-state index in [0.717, 1.165) is 12.3 Å². The lowest BCUT2D eigenvalue weighted by Gasteiger charge is -2.12. The van der Waals surface area contributed by atoms with Crippen LogP contribution in [0.5, 0.6) is 0 Å². The van der Waals surface area contributed by atoms with Gasteiger partial charge in [0.1, 0.15) is 5.82 Å². The van der Waals surface area contributed by atoms with Crippen molar-refractivity contribution in [2.24, 2.45) is 11.7 Å². The Labute approximate surface area is 88.5 Å². The number of aromatic nitrogens is 1. The van der Waals surface area contributed by atoms with E-state index in [4.69, 9.17) is 5.73 Å². The Morgan fingerprint density at radius 1 is 1.53 bits per heavy atom. The molecule has 0 bridgehead atoms. The summed E-state index contributed by atoms with van der Waals surface area (Å²) in [5, 5.41) is 0. The van der Waals surface area contributed by atoms with Gasteiger partial charge in [-0.3, -0.25) is 9.78 Å². The molecule has 0 aliphatic carbocycles.